The van der Waals surface area contributed by atoms with Crippen molar-refractivity contribution in [2.24, 2.45) is 0 Å². The van der Waals surface area contributed by atoms with Crippen LogP contribution in [0.3, 0.4) is 0 Å². The summed E-state index contributed by atoms with van der Waals surface area (Å²) in [5.41, 5.74) is 0.402. The molecule has 1 amide bonds. The van der Waals surface area contributed by atoms with Crippen molar-refractivity contribution in [3.8, 4) is 11.5 Å². The number of amides is 1. The van der Waals surface area contributed by atoms with Gasteiger partial charge < -0.3 is 14.8 Å². The lowest BCUT2D eigenvalue weighted by atomic mass is 10.1. The first-order valence-electron chi connectivity index (χ1n) is 6.50. The van der Waals surface area contributed by atoms with Crippen LogP contribution in [-0.2, 0) is 6.54 Å². The van der Waals surface area contributed by atoms with Crippen LogP contribution >= 0.6 is 0 Å². The molecule has 2 rings (SSSR count). The maximum absolute atomic E-state index is 13.6. The highest BCUT2D eigenvalue weighted by atomic mass is 19.1. The lowest BCUT2D eigenvalue weighted by Crippen LogP contribution is -2.24. The average Bonchev–Trinajstić information content (AvgIpc) is 2.52. The van der Waals surface area contributed by atoms with Crippen LogP contribution in [0.25, 0.3) is 0 Å². The van der Waals surface area contributed by atoms with Crippen LogP contribution in [0.1, 0.15) is 15.9 Å². The van der Waals surface area contributed by atoms with E-state index in [1.54, 1.807) is 18.2 Å². The Morgan fingerprint density at radius 2 is 1.73 bits per heavy atom. The molecule has 0 aliphatic heterocycles. The van der Waals surface area contributed by atoms with Gasteiger partial charge in [-0.3, -0.25) is 4.79 Å². The molecule has 2 aromatic carbocycles. The van der Waals surface area contributed by atoms with Gasteiger partial charge in [0.2, 0.25) is 0 Å². The highest BCUT2D eigenvalue weighted by Crippen LogP contribution is 2.28. The Hall–Kier alpha value is -2.63. The Labute approximate surface area is 126 Å². The minimum atomic E-state index is -0.913. The zero-order valence-electron chi connectivity index (χ0n) is 12.2. The fourth-order valence-electron chi connectivity index (χ4n) is 2.04. The van der Waals surface area contributed by atoms with Crippen molar-refractivity contribution in [3.63, 3.8) is 0 Å². The van der Waals surface area contributed by atoms with Gasteiger partial charge in [-0.2, -0.15) is 0 Å². The summed E-state index contributed by atoms with van der Waals surface area (Å²) in [4.78, 5) is 12.0. The molecule has 0 aliphatic rings. The minimum Gasteiger partial charge on any atom is -0.496 e. The lowest BCUT2D eigenvalue weighted by molar-refractivity contribution is 0.0946. The quantitative estimate of drug-likeness (QED) is 0.924. The summed E-state index contributed by atoms with van der Waals surface area (Å²) in [6.45, 7) is 0.0861. The first-order valence-corrected chi connectivity index (χ1v) is 6.50. The number of benzene rings is 2. The monoisotopic (exact) mass is 307 g/mol. The van der Waals surface area contributed by atoms with Crippen molar-refractivity contribution < 1.29 is 23.0 Å². The van der Waals surface area contributed by atoms with Crippen LogP contribution in [0.2, 0.25) is 0 Å². The van der Waals surface area contributed by atoms with Crippen LogP contribution in [0, 0.1) is 11.6 Å². The first kappa shape index (κ1) is 15.8. The number of hydrogen-bond acceptors (Lipinski definition) is 3. The van der Waals surface area contributed by atoms with Gasteiger partial charge in [-0.1, -0.05) is 6.07 Å². The normalized spacial score (nSPS) is 10.2. The molecule has 0 aromatic heterocycles. The van der Waals surface area contributed by atoms with E-state index < -0.39 is 17.5 Å². The molecule has 0 bridgehead atoms. The number of hydrogen-bond donors (Lipinski definition) is 1. The standard InChI is InChI=1S/C16H15F2NO3/c1-21-14-4-3-5-15(22-2)12(14)9-19-16(20)11-7-6-10(17)8-13(11)18/h3-8H,9H2,1-2H3,(H,19,20). The van der Waals surface area contributed by atoms with Gasteiger partial charge in [0.05, 0.1) is 31.9 Å². The first-order chi connectivity index (χ1) is 10.6. The second-order valence-corrected chi connectivity index (χ2v) is 4.45. The molecule has 0 heterocycles. The highest BCUT2D eigenvalue weighted by molar-refractivity contribution is 5.94. The van der Waals surface area contributed by atoms with Gasteiger partial charge in [0, 0.05) is 6.07 Å². The van der Waals surface area contributed by atoms with Crippen molar-refractivity contribution in [1.29, 1.82) is 0 Å². The Morgan fingerprint density at radius 3 is 2.27 bits per heavy atom. The Balaban J connectivity index is 2.18. The molecule has 22 heavy (non-hydrogen) atoms. The predicted octanol–water partition coefficient (Wildman–Crippen LogP) is 2.91. The van der Waals surface area contributed by atoms with Gasteiger partial charge >= 0.3 is 0 Å². The van der Waals surface area contributed by atoms with Gasteiger partial charge in [0.15, 0.2) is 0 Å². The van der Waals surface area contributed by atoms with Gasteiger partial charge in [-0.05, 0) is 24.3 Å². The van der Waals surface area contributed by atoms with E-state index in [0.29, 0.717) is 23.1 Å². The molecule has 0 unspecified atom stereocenters. The van der Waals surface area contributed by atoms with Crippen LogP contribution < -0.4 is 14.8 Å². The minimum absolute atomic E-state index is 0.0861. The van der Waals surface area contributed by atoms with E-state index in [-0.39, 0.29) is 12.1 Å². The lowest BCUT2D eigenvalue weighted by Gasteiger charge is -2.13. The fourth-order valence-corrected chi connectivity index (χ4v) is 2.04. The second-order valence-electron chi connectivity index (χ2n) is 4.45. The molecule has 0 fully saturated rings. The second kappa shape index (κ2) is 6.89. The van der Waals surface area contributed by atoms with E-state index in [1.807, 2.05) is 0 Å². The fraction of sp³-hybridized carbons (Fsp3) is 0.188. The highest BCUT2D eigenvalue weighted by Gasteiger charge is 2.15. The molecular formula is C16H15F2NO3. The molecule has 0 radical (unpaired) electrons. The molecule has 4 nitrogen and oxygen atoms in total. The summed E-state index contributed by atoms with van der Waals surface area (Å²) in [6.07, 6.45) is 0. The molecule has 2 aromatic rings. The summed E-state index contributed by atoms with van der Waals surface area (Å²) >= 11 is 0. The largest absolute Gasteiger partial charge is 0.496 e. The Kier molecular flexibility index (Phi) is 4.93. The van der Waals surface area contributed by atoms with Gasteiger partial charge in [-0.25, -0.2) is 8.78 Å². The van der Waals surface area contributed by atoms with E-state index >= 15 is 0 Å². The Bertz CT molecular complexity index is 667. The summed E-state index contributed by atoms with van der Waals surface area (Å²) < 4.78 is 36.8. The molecule has 116 valence electrons. The van der Waals surface area contributed by atoms with Crippen molar-refractivity contribution in [3.05, 3.63) is 59.2 Å². The number of ether oxygens (including phenoxy) is 2. The SMILES string of the molecule is COc1cccc(OC)c1CNC(=O)c1ccc(F)cc1F. The zero-order valence-corrected chi connectivity index (χ0v) is 12.2. The summed E-state index contributed by atoms with van der Waals surface area (Å²) in [7, 11) is 3.00. The third kappa shape index (κ3) is 3.33. The summed E-state index contributed by atoms with van der Waals surface area (Å²) in [6, 6.07) is 7.99. The number of halogens is 2. The number of rotatable bonds is 5. The summed E-state index contributed by atoms with van der Waals surface area (Å²) in [5.74, 6) is -1.21. The number of nitrogens with one attached hydrogen (secondary N) is 1. The van der Waals surface area contributed by atoms with E-state index in [1.165, 1.54) is 14.2 Å². The van der Waals surface area contributed by atoms with Crippen LogP contribution in [-0.4, -0.2) is 20.1 Å². The van der Waals surface area contributed by atoms with Gasteiger partial charge in [0.25, 0.3) is 5.91 Å². The summed E-state index contributed by atoms with van der Waals surface area (Å²) in [5, 5.41) is 2.56. The van der Waals surface area contributed by atoms with E-state index in [2.05, 4.69) is 5.32 Å². The van der Waals surface area contributed by atoms with Crippen LogP contribution in [0.4, 0.5) is 8.78 Å². The third-order valence-electron chi connectivity index (χ3n) is 3.13. The van der Waals surface area contributed by atoms with E-state index in [9.17, 15) is 13.6 Å². The molecule has 0 saturated carbocycles. The maximum Gasteiger partial charge on any atom is 0.254 e. The molecule has 0 spiro atoms. The number of carbonyl (C=O) groups excluding carboxylic acids is 1. The molecule has 6 heteroatoms. The van der Waals surface area contributed by atoms with Gasteiger partial charge in [0.1, 0.15) is 23.1 Å². The molecule has 0 atom stereocenters. The van der Waals surface area contributed by atoms with Crippen molar-refractivity contribution in [2.45, 2.75) is 6.54 Å². The zero-order chi connectivity index (χ0) is 16.1. The smallest absolute Gasteiger partial charge is 0.254 e. The Morgan fingerprint density at radius 1 is 1.09 bits per heavy atom. The average molecular weight is 307 g/mol. The van der Waals surface area contributed by atoms with Crippen molar-refractivity contribution in [2.75, 3.05) is 14.2 Å². The van der Waals surface area contributed by atoms with Crippen LogP contribution in [0.15, 0.2) is 36.4 Å². The molecule has 0 aliphatic carbocycles. The topological polar surface area (TPSA) is 47.6 Å². The third-order valence-corrected chi connectivity index (χ3v) is 3.13. The molecule has 1 N–H and O–H groups in total. The van der Waals surface area contributed by atoms with Crippen LogP contribution in [0.5, 0.6) is 11.5 Å². The van der Waals surface area contributed by atoms with E-state index in [4.69, 9.17) is 9.47 Å². The number of carbonyl (C=O) groups is 1. The molecule has 0 saturated heterocycles. The van der Waals surface area contributed by atoms with Gasteiger partial charge in [-0.15, -0.1) is 0 Å². The number of methoxy groups -OCH3 is 2. The maximum atomic E-state index is 13.6. The predicted molar refractivity (Wildman–Crippen MR) is 77.1 cm³/mol. The van der Waals surface area contributed by atoms with Crippen molar-refractivity contribution in [1.82, 2.24) is 5.32 Å². The molecular weight excluding hydrogens is 292 g/mol. The van der Waals surface area contributed by atoms with E-state index in [0.717, 1.165) is 12.1 Å². The van der Waals surface area contributed by atoms with Crippen molar-refractivity contribution >= 4 is 5.91 Å².